The number of amides is 1. The summed E-state index contributed by atoms with van der Waals surface area (Å²) in [5.41, 5.74) is 0. The van der Waals surface area contributed by atoms with Crippen molar-refractivity contribution >= 4 is 12.0 Å². The second-order valence-electron chi connectivity index (χ2n) is 0.913. The standard InChI is InChI=1S/C4H2N2O2/c1-5-2-4(8)6-3-7/h2H2. The highest BCUT2D eigenvalue weighted by Gasteiger charge is 1.97. The Morgan fingerprint density at radius 3 is 2.88 bits per heavy atom. The molecule has 0 unspecified atom stereocenters. The molecule has 1 amide bonds. The number of carbonyl (C=O) groups excluding carboxylic acids is 2. The second-order valence-corrected chi connectivity index (χ2v) is 0.913. The molecule has 0 N–H and O–H groups in total. The predicted molar refractivity (Wildman–Crippen MR) is 24.6 cm³/mol. The minimum absolute atomic E-state index is 0.366. The van der Waals surface area contributed by atoms with Crippen molar-refractivity contribution in [1.29, 1.82) is 0 Å². The van der Waals surface area contributed by atoms with Crippen molar-refractivity contribution in [3.8, 4) is 0 Å². The van der Waals surface area contributed by atoms with Crippen LogP contribution in [0.4, 0.5) is 0 Å². The van der Waals surface area contributed by atoms with E-state index in [1.165, 1.54) is 0 Å². The van der Waals surface area contributed by atoms with Gasteiger partial charge < -0.3 is 4.85 Å². The van der Waals surface area contributed by atoms with E-state index < -0.39 is 5.91 Å². The highest BCUT2D eigenvalue weighted by Crippen LogP contribution is 1.72. The Labute approximate surface area is 45.7 Å². The number of rotatable bonds is 1. The first-order valence-corrected chi connectivity index (χ1v) is 1.75. The van der Waals surface area contributed by atoms with E-state index in [-0.39, 0.29) is 6.54 Å². The van der Waals surface area contributed by atoms with Crippen LogP contribution in [-0.4, -0.2) is 18.5 Å². The van der Waals surface area contributed by atoms with E-state index in [2.05, 4.69) is 9.84 Å². The fraction of sp³-hybridized carbons (Fsp3) is 0.250. The van der Waals surface area contributed by atoms with Crippen molar-refractivity contribution in [1.82, 2.24) is 0 Å². The topological polar surface area (TPSA) is 50.9 Å². The van der Waals surface area contributed by atoms with E-state index in [1.807, 2.05) is 0 Å². The lowest BCUT2D eigenvalue weighted by molar-refractivity contribution is -0.115. The van der Waals surface area contributed by atoms with Gasteiger partial charge in [-0.2, -0.15) is 0 Å². The first-order valence-electron chi connectivity index (χ1n) is 1.75. The van der Waals surface area contributed by atoms with E-state index in [0.29, 0.717) is 0 Å². The van der Waals surface area contributed by atoms with Crippen LogP contribution >= 0.6 is 0 Å². The molecule has 4 heteroatoms. The number of nitrogens with zero attached hydrogens (tertiary/aromatic N) is 2. The Balaban J connectivity index is 3.70. The lowest BCUT2D eigenvalue weighted by Gasteiger charge is -1.69. The third-order valence-corrected chi connectivity index (χ3v) is 0.385. The van der Waals surface area contributed by atoms with E-state index in [0.717, 1.165) is 6.08 Å². The zero-order valence-electron chi connectivity index (χ0n) is 3.92. The molecule has 8 heavy (non-hydrogen) atoms. The molecule has 0 bridgehead atoms. The van der Waals surface area contributed by atoms with Crippen LogP contribution in [0.3, 0.4) is 0 Å². The van der Waals surface area contributed by atoms with E-state index in [9.17, 15) is 9.59 Å². The first kappa shape index (κ1) is 6.54. The summed E-state index contributed by atoms with van der Waals surface area (Å²) in [4.78, 5) is 24.6. The monoisotopic (exact) mass is 110 g/mol. The molecule has 0 atom stereocenters. The molecular weight excluding hydrogens is 108 g/mol. The Kier molecular flexibility index (Phi) is 3.04. The maximum Gasteiger partial charge on any atom is 0.336 e. The summed E-state index contributed by atoms with van der Waals surface area (Å²) in [5.74, 6) is -0.741. The molecule has 0 spiro atoms. The first-order chi connectivity index (χ1) is 3.81. The Morgan fingerprint density at radius 2 is 2.50 bits per heavy atom. The van der Waals surface area contributed by atoms with Crippen LogP contribution < -0.4 is 0 Å². The molecule has 0 fully saturated rings. The summed E-state index contributed by atoms with van der Waals surface area (Å²) in [6, 6.07) is 0. The van der Waals surface area contributed by atoms with Crippen LogP contribution in [0, 0.1) is 6.57 Å². The smallest absolute Gasteiger partial charge is 0.306 e. The number of isocyanates is 1. The highest BCUT2D eigenvalue weighted by atomic mass is 16.2. The summed E-state index contributed by atoms with van der Waals surface area (Å²) >= 11 is 0. The van der Waals surface area contributed by atoms with Gasteiger partial charge in [-0.3, -0.25) is 4.79 Å². The summed E-state index contributed by atoms with van der Waals surface area (Å²) in [5, 5.41) is 0. The van der Waals surface area contributed by atoms with Crippen molar-refractivity contribution in [2.45, 2.75) is 0 Å². The normalized spacial score (nSPS) is 6.38. The van der Waals surface area contributed by atoms with Gasteiger partial charge in [-0.1, -0.05) is 0 Å². The molecule has 0 rings (SSSR count). The summed E-state index contributed by atoms with van der Waals surface area (Å²) in [7, 11) is 0. The average molecular weight is 110 g/mol. The van der Waals surface area contributed by atoms with Crippen LogP contribution in [0.1, 0.15) is 0 Å². The van der Waals surface area contributed by atoms with Gasteiger partial charge in [-0.15, -0.1) is 4.99 Å². The van der Waals surface area contributed by atoms with Crippen molar-refractivity contribution < 1.29 is 9.59 Å². The number of carbonyl (C=O) groups is 1. The van der Waals surface area contributed by atoms with Crippen LogP contribution in [0.5, 0.6) is 0 Å². The molecule has 0 saturated heterocycles. The van der Waals surface area contributed by atoms with Gasteiger partial charge in [-0.25, -0.2) is 11.4 Å². The lowest BCUT2D eigenvalue weighted by Crippen LogP contribution is -1.93. The molecule has 0 aromatic rings. The molecule has 0 saturated carbocycles. The lowest BCUT2D eigenvalue weighted by atomic mass is 10.6. The molecule has 0 heterocycles. The number of hydrogen-bond acceptors (Lipinski definition) is 2. The van der Waals surface area contributed by atoms with Crippen LogP contribution in [0.15, 0.2) is 4.99 Å². The number of aliphatic imine (C=N–C) groups is 1. The fourth-order valence-corrected chi connectivity index (χ4v) is 0.154. The van der Waals surface area contributed by atoms with E-state index in [1.54, 1.807) is 0 Å². The van der Waals surface area contributed by atoms with E-state index >= 15 is 0 Å². The fourth-order valence-electron chi connectivity index (χ4n) is 0.154. The quantitative estimate of drug-likeness (QED) is 0.266. The minimum atomic E-state index is -0.741. The third-order valence-electron chi connectivity index (χ3n) is 0.385. The summed E-state index contributed by atoms with van der Waals surface area (Å²) in [6.07, 6.45) is 1.03. The predicted octanol–water partition coefficient (Wildman–Crippen LogP) is -0.232. The zero-order chi connectivity index (χ0) is 6.41. The van der Waals surface area contributed by atoms with Crippen molar-refractivity contribution in [3.63, 3.8) is 0 Å². The van der Waals surface area contributed by atoms with Gasteiger partial charge in [0.15, 0.2) is 0 Å². The Morgan fingerprint density at radius 1 is 1.88 bits per heavy atom. The second kappa shape index (κ2) is 3.72. The van der Waals surface area contributed by atoms with Crippen LogP contribution in [0.2, 0.25) is 0 Å². The Hall–Kier alpha value is -1.46. The van der Waals surface area contributed by atoms with Crippen molar-refractivity contribution in [3.05, 3.63) is 11.4 Å². The van der Waals surface area contributed by atoms with Crippen molar-refractivity contribution in [2.75, 3.05) is 6.54 Å². The summed E-state index contributed by atoms with van der Waals surface area (Å²) < 4.78 is 0. The molecule has 0 aromatic carbocycles. The third kappa shape index (κ3) is 2.76. The minimum Gasteiger partial charge on any atom is -0.306 e. The largest absolute Gasteiger partial charge is 0.336 e. The van der Waals surface area contributed by atoms with Gasteiger partial charge in [0.05, 0.1) is 0 Å². The van der Waals surface area contributed by atoms with Gasteiger partial charge in [0, 0.05) is 0 Å². The van der Waals surface area contributed by atoms with Crippen LogP contribution in [-0.2, 0) is 9.59 Å². The zero-order valence-corrected chi connectivity index (χ0v) is 3.92. The van der Waals surface area contributed by atoms with Gasteiger partial charge in [-0.05, 0) is 0 Å². The molecule has 0 radical (unpaired) electrons. The molecule has 0 aliphatic heterocycles. The Bertz CT molecular complexity index is 173. The highest BCUT2D eigenvalue weighted by molar-refractivity contribution is 5.84. The SMILES string of the molecule is [C-]#[N+]CC(=O)N=C=O. The van der Waals surface area contributed by atoms with Gasteiger partial charge in [0.1, 0.15) is 0 Å². The maximum absolute atomic E-state index is 10.0. The molecule has 0 aliphatic rings. The van der Waals surface area contributed by atoms with E-state index in [4.69, 9.17) is 6.57 Å². The van der Waals surface area contributed by atoms with Crippen molar-refractivity contribution in [2.24, 2.45) is 4.99 Å². The molecule has 0 aromatic heterocycles. The molecule has 4 nitrogen and oxygen atoms in total. The maximum atomic E-state index is 10.0. The van der Waals surface area contributed by atoms with Gasteiger partial charge in [0.25, 0.3) is 6.54 Å². The average Bonchev–Trinajstić information content (AvgIpc) is 1.68. The van der Waals surface area contributed by atoms with Gasteiger partial charge in [0.2, 0.25) is 6.08 Å². The molecular formula is C4H2N2O2. The van der Waals surface area contributed by atoms with Crippen LogP contribution in [0.25, 0.3) is 4.85 Å². The molecule has 0 aliphatic carbocycles. The number of hydrogen-bond donors (Lipinski definition) is 0. The van der Waals surface area contributed by atoms with Gasteiger partial charge >= 0.3 is 5.91 Å². The molecule has 40 valence electrons. The summed E-state index contributed by atoms with van der Waals surface area (Å²) in [6.45, 7) is 5.76.